The van der Waals surface area contributed by atoms with Gasteiger partial charge in [0.2, 0.25) is 0 Å². The first kappa shape index (κ1) is 9.20. The van der Waals surface area contributed by atoms with Gasteiger partial charge >= 0.3 is 0 Å². The molecule has 1 aliphatic carbocycles. The highest BCUT2D eigenvalue weighted by Gasteiger charge is 2.21. The molecule has 0 bridgehead atoms. The number of rotatable bonds is 0. The highest BCUT2D eigenvalue weighted by Crippen LogP contribution is 2.22. The molecule has 0 radical (unpaired) electrons. The van der Waals surface area contributed by atoms with Crippen molar-refractivity contribution in [3.63, 3.8) is 0 Å². The highest BCUT2D eigenvalue weighted by molar-refractivity contribution is 5.98. The number of aliphatic hydroxyl groups is 1. The molecule has 0 aromatic carbocycles. The normalized spacial score (nSPS) is 24.0. The predicted molar refractivity (Wildman–Crippen MR) is 47.8 cm³/mol. The van der Waals surface area contributed by atoms with Gasteiger partial charge in [-0.25, -0.2) is 0 Å². The Balaban J connectivity index is 3.02. The first-order valence-corrected chi connectivity index (χ1v) is 4.08. The fourth-order valence-electron chi connectivity index (χ4n) is 1.32. The van der Waals surface area contributed by atoms with Gasteiger partial charge in [-0.1, -0.05) is 5.57 Å². The van der Waals surface area contributed by atoms with Gasteiger partial charge in [-0.3, -0.25) is 4.79 Å². The summed E-state index contributed by atoms with van der Waals surface area (Å²) in [6.07, 6.45) is 1.45. The maximum Gasteiger partial charge on any atom is 0.162 e. The fourth-order valence-corrected chi connectivity index (χ4v) is 1.32. The van der Waals surface area contributed by atoms with Gasteiger partial charge in [0.05, 0.1) is 6.10 Å². The van der Waals surface area contributed by atoms with E-state index in [1.807, 2.05) is 13.8 Å². The van der Waals surface area contributed by atoms with E-state index < -0.39 is 6.10 Å². The summed E-state index contributed by atoms with van der Waals surface area (Å²) in [5.41, 5.74) is 2.57. The molecule has 2 heteroatoms. The molecule has 0 aromatic rings. The molecule has 2 nitrogen and oxygen atoms in total. The van der Waals surface area contributed by atoms with E-state index in [0.717, 1.165) is 11.1 Å². The number of hydrogen-bond donors (Lipinski definition) is 1. The van der Waals surface area contributed by atoms with Gasteiger partial charge in [0.25, 0.3) is 0 Å². The SMILES string of the molecule is CC1=C[C@@H](O)C(=C(C)C)CC1=O. The fraction of sp³-hybridized carbons (Fsp3) is 0.500. The molecule has 1 aliphatic rings. The predicted octanol–water partition coefficient (Wildman–Crippen LogP) is 1.60. The Morgan fingerprint density at radius 3 is 2.67 bits per heavy atom. The monoisotopic (exact) mass is 166 g/mol. The van der Waals surface area contributed by atoms with Gasteiger partial charge in [-0.2, -0.15) is 0 Å². The third-order valence-electron chi connectivity index (χ3n) is 2.20. The Hall–Kier alpha value is -0.890. The number of carbonyl (C=O) groups excluding carboxylic acids is 1. The van der Waals surface area contributed by atoms with Crippen LogP contribution in [0.25, 0.3) is 0 Å². The molecule has 1 rings (SSSR count). The second-order valence-electron chi connectivity index (χ2n) is 3.42. The Bertz CT molecular complexity index is 268. The van der Waals surface area contributed by atoms with Crippen molar-refractivity contribution in [2.24, 2.45) is 0 Å². The van der Waals surface area contributed by atoms with E-state index in [9.17, 15) is 9.90 Å². The number of Topliss-reactive ketones (excluding diaryl/α,β-unsaturated/α-hetero) is 1. The quantitative estimate of drug-likeness (QED) is 0.555. The van der Waals surface area contributed by atoms with Crippen LogP contribution in [-0.4, -0.2) is 17.0 Å². The van der Waals surface area contributed by atoms with E-state index in [0.29, 0.717) is 12.0 Å². The van der Waals surface area contributed by atoms with Crippen LogP contribution in [0.4, 0.5) is 0 Å². The summed E-state index contributed by atoms with van der Waals surface area (Å²) in [5.74, 6) is 0.122. The second-order valence-corrected chi connectivity index (χ2v) is 3.42. The summed E-state index contributed by atoms with van der Waals surface area (Å²) in [5, 5.41) is 9.54. The first-order chi connectivity index (χ1) is 5.52. The molecule has 0 aliphatic heterocycles. The summed E-state index contributed by atoms with van der Waals surface area (Å²) >= 11 is 0. The van der Waals surface area contributed by atoms with Gasteiger partial charge in [-0.05, 0) is 38.0 Å². The van der Waals surface area contributed by atoms with Crippen LogP contribution < -0.4 is 0 Å². The minimum atomic E-state index is -0.548. The molecule has 0 unspecified atom stereocenters. The van der Waals surface area contributed by atoms with Crippen molar-refractivity contribution in [1.29, 1.82) is 0 Å². The number of carbonyl (C=O) groups is 1. The topological polar surface area (TPSA) is 37.3 Å². The molecule has 12 heavy (non-hydrogen) atoms. The lowest BCUT2D eigenvalue weighted by atomic mass is 9.89. The third kappa shape index (κ3) is 1.64. The number of aliphatic hydroxyl groups excluding tert-OH is 1. The van der Waals surface area contributed by atoms with Gasteiger partial charge in [0, 0.05) is 6.42 Å². The van der Waals surface area contributed by atoms with Crippen molar-refractivity contribution < 1.29 is 9.90 Å². The number of hydrogen-bond acceptors (Lipinski definition) is 2. The lowest BCUT2D eigenvalue weighted by Crippen LogP contribution is -2.20. The van der Waals surface area contributed by atoms with Crippen LogP contribution in [0.15, 0.2) is 22.8 Å². The smallest absolute Gasteiger partial charge is 0.162 e. The lowest BCUT2D eigenvalue weighted by Gasteiger charge is -2.19. The molecule has 0 saturated carbocycles. The molecule has 0 spiro atoms. The summed E-state index contributed by atoms with van der Waals surface area (Å²) in [6.45, 7) is 5.58. The van der Waals surface area contributed by atoms with E-state index in [4.69, 9.17) is 0 Å². The molecule has 66 valence electrons. The van der Waals surface area contributed by atoms with Crippen molar-refractivity contribution in [1.82, 2.24) is 0 Å². The van der Waals surface area contributed by atoms with E-state index in [1.54, 1.807) is 13.0 Å². The van der Waals surface area contributed by atoms with Gasteiger partial charge in [0.15, 0.2) is 5.78 Å². The molecule has 0 aromatic heterocycles. The third-order valence-corrected chi connectivity index (χ3v) is 2.20. The molecular weight excluding hydrogens is 152 g/mol. The number of allylic oxidation sites excluding steroid dienone is 2. The van der Waals surface area contributed by atoms with Crippen LogP contribution in [0.2, 0.25) is 0 Å². The molecular formula is C10H14O2. The molecule has 0 saturated heterocycles. The van der Waals surface area contributed by atoms with Crippen molar-refractivity contribution in [2.75, 3.05) is 0 Å². The Morgan fingerprint density at radius 2 is 2.17 bits per heavy atom. The highest BCUT2D eigenvalue weighted by atomic mass is 16.3. The van der Waals surface area contributed by atoms with Crippen LogP contribution >= 0.6 is 0 Å². The van der Waals surface area contributed by atoms with Crippen LogP contribution in [0.5, 0.6) is 0 Å². The summed E-state index contributed by atoms with van der Waals surface area (Å²) in [4.78, 5) is 11.2. The van der Waals surface area contributed by atoms with E-state index in [2.05, 4.69) is 0 Å². The van der Waals surface area contributed by atoms with E-state index >= 15 is 0 Å². The van der Waals surface area contributed by atoms with Crippen molar-refractivity contribution in [2.45, 2.75) is 33.3 Å². The standard InChI is InChI=1S/C10H14O2/c1-6(2)8-5-9(11)7(3)4-10(8)12/h4,10,12H,5H2,1-3H3/t10-/m1/s1. The summed E-state index contributed by atoms with van der Waals surface area (Å²) < 4.78 is 0. The maximum atomic E-state index is 11.2. The Labute approximate surface area is 72.6 Å². The van der Waals surface area contributed by atoms with Gasteiger partial charge in [-0.15, -0.1) is 0 Å². The Morgan fingerprint density at radius 1 is 1.58 bits per heavy atom. The first-order valence-electron chi connectivity index (χ1n) is 4.08. The number of ketones is 1. The van der Waals surface area contributed by atoms with Gasteiger partial charge in [0.1, 0.15) is 0 Å². The average Bonchev–Trinajstić information content (AvgIpc) is 1.96. The molecule has 0 amide bonds. The molecule has 0 fully saturated rings. The summed E-state index contributed by atoms with van der Waals surface area (Å²) in [6, 6.07) is 0. The zero-order chi connectivity index (χ0) is 9.30. The zero-order valence-corrected chi connectivity index (χ0v) is 7.72. The lowest BCUT2D eigenvalue weighted by molar-refractivity contribution is -0.115. The average molecular weight is 166 g/mol. The van der Waals surface area contributed by atoms with E-state index in [1.165, 1.54) is 0 Å². The van der Waals surface area contributed by atoms with Crippen molar-refractivity contribution in [3.8, 4) is 0 Å². The minimum absolute atomic E-state index is 0.122. The zero-order valence-electron chi connectivity index (χ0n) is 7.72. The minimum Gasteiger partial charge on any atom is -0.385 e. The van der Waals surface area contributed by atoms with Gasteiger partial charge < -0.3 is 5.11 Å². The molecule has 1 atom stereocenters. The van der Waals surface area contributed by atoms with E-state index in [-0.39, 0.29) is 5.78 Å². The van der Waals surface area contributed by atoms with Crippen LogP contribution in [0, 0.1) is 0 Å². The maximum absolute atomic E-state index is 11.2. The van der Waals surface area contributed by atoms with Crippen LogP contribution in [0.3, 0.4) is 0 Å². The largest absolute Gasteiger partial charge is 0.385 e. The van der Waals surface area contributed by atoms with Crippen molar-refractivity contribution in [3.05, 3.63) is 22.8 Å². The van der Waals surface area contributed by atoms with Crippen LogP contribution in [0.1, 0.15) is 27.2 Å². The Kier molecular flexibility index (Phi) is 2.48. The van der Waals surface area contributed by atoms with Crippen molar-refractivity contribution >= 4 is 5.78 Å². The summed E-state index contributed by atoms with van der Waals surface area (Å²) in [7, 11) is 0. The van der Waals surface area contributed by atoms with Crippen LogP contribution in [-0.2, 0) is 4.79 Å². The second kappa shape index (κ2) is 3.23. The molecule has 0 heterocycles. The molecule has 1 N–H and O–H groups in total.